The van der Waals surface area contributed by atoms with Crippen LogP contribution in [0.3, 0.4) is 0 Å². The third kappa shape index (κ3) is 2.52. The van der Waals surface area contributed by atoms with E-state index in [0.717, 1.165) is 24.2 Å². The van der Waals surface area contributed by atoms with Crippen molar-refractivity contribution >= 4 is 5.91 Å². The van der Waals surface area contributed by atoms with Gasteiger partial charge in [-0.15, -0.1) is 0 Å². The van der Waals surface area contributed by atoms with Gasteiger partial charge in [-0.05, 0) is 39.5 Å². The van der Waals surface area contributed by atoms with Crippen molar-refractivity contribution < 1.29 is 14.3 Å². The van der Waals surface area contributed by atoms with Gasteiger partial charge in [0.05, 0.1) is 11.7 Å². The maximum absolute atomic E-state index is 12.0. The molecule has 0 bridgehead atoms. The van der Waals surface area contributed by atoms with Crippen LogP contribution in [0.2, 0.25) is 0 Å². The lowest BCUT2D eigenvalue weighted by Crippen LogP contribution is -2.33. The SMILES string of the molecule is Cc1oc(C)c(C(=O)NCC(O)C2CC2)c1C. The van der Waals surface area contributed by atoms with Crippen LogP contribution in [0.25, 0.3) is 0 Å². The molecule has 4 heteroatoms. The molecule has 1 fully saturated rings. The zero-order valence-electron chi connectivity index (χ0n) is 10.5. The van der Waals surface area contributed by atoms with E-state index in [1.165, 1.54) is 0 Å². The standard InChI is InChI=1S/C13H19NO3/c1-7-8(2)17-9(3)12(7)13(16)14-6-11(15)10-4-5-10/h10-11,15H,4-6H2,1-3H3,(H,14,16). The van der Waals surface area contributed by atoms with Crippen molar-refractivity contribution in [1.82, 2.24) is 5.32 Å². The summed E-state index contributed by atoms with van der Waals surface area (Å²) in [5.74, 6) is 1.63. The smallest absolute Gasteiger partial charge is 0.255 e. The van der Waals surface area contributed by atoms with Crippen LogP contribution in [-0.4, -0.2) is 23.7 Å². The van der Waals surface area contributed by atoms with E-state index in [1.54, 1.807) is 6.92 Å². The second-order valence-corrected chi connectivity index (χ2v) is 4.83. The Morgan fingerprint density at radius 1 is 1.41 bits per heavy atom. The van der Waals surface area contributed by atoms with Crippen LogP contribution in [0, 0.1) is 26.7 Å². The Balaban J connectivity index is 1.99. The van der Waals surface area contributed by atoms with Crippen molar-refractivity contribution in [2.75, 3.05) is 6.54 Å². The fourth-order valence-electron chi connectivity index (χ4n) is 2.06. The van der Waals surface area contributed by atoms with Gasteiger partial charge in [0.15, 0.2) is 0 Å². The van der Waals surface area contributed by atoms with Crippen molar-refractivity contribution in [3.63, 3.8) is 0 Å². The van der Waals surface area contributed by atoms with Crippen molar-refractivity contribution in [2.45, 2.75) is 39.7 Å². The first-order valence-corrected chi connectivity index (χ1v) is 6.03. The van der Waals surface area contributed by atoms with Crippen LogP contribution in [0.1, 0.15) is 40.3 Å². The van der Waals surface area contributed by atoms with E-state index < -0.39 is 6.10 Å². The third-order valence-electron chi connectivity index (χ3n) is 3.43. The Morgan fingerprint density at radius 3 is 2.53 bits per heavy atom. The van der Waals surface area contributed by atoms with Gasteiger partial charge >= 0.3 is 0 Å². The molecule has 1 amide bonds. The van der Waals surface area contributed by atoms with Gasteiger partial charge in [0.1, 0.15) is 11.5 Å². The van der Waals surface area contributed by atoms with E-state index in [1.807, 2.05) is 13.8 Å². The summed E-state index contributed by atoms with van der Waals surface area (Å²) < 4.78 is 5.41. The summed E-state index contributed by atoms with van der Waals surface area (Å²) in [4.78, 5) is 12.0. The van der Waals surface area contributed by atoms with E-state index in [2.05, 4.69) is 5.32 Å². The molecular formula is C13H19NO3. The van der Waals surface area contributed by atoms with Gasteiger partial charge < -0.3 is 14.8 Å². The minimum atomic E-state index is -0.410. The second-order valence-electron chi connectivity index (χ2n) is 4.83. The first-order valence-electron chi connectivity index (χ1n) is 6.03. The van der Waals surface area contributed by atoms with E-state index in [9.17, 15) is 9.90 Å². The van der Waals surface area contributed by atoms with Crippen LogP contribution < -0.4 is 5.32 Å². The summed E-state index contributed by atoms with van der Waals surface area (Å²) >= 11 is 0. The molecule has 1 unspecified atom stereocenters. The van der Waals surface area contributed by atoms with Crippen LogP contribution >= 0.6 is 0 Å². The van der Waals surface area contributed by atoms with E-state index in [4.69, 9.17) is 4.42 Å². The fourth-order valence-corrected chi connectivity index (χ4v) is 2.06. The molecule has 0 aromatic carbocycles. The highest BCUT2D eigenvalue weighted by Crippen LogP contribution is 2.32. The molecule has 94 valence electrons. The molecule has 1 heterocycles. The lowest BCUT2D eigenvalue weighted by molar-refractivity contribution is 0.0899. The Morgan fingerprint density at radius 2 is 2.06 bits per heavy atom. The van der Waals surface area contributed by atoms with Crippen LogP contribution in [-0.2, 0) is 0 Å². The minimum Gasteiger partial charge on any atom is -0.466 e. The lowest BCUT2D eigenvalue weighted by atomic mass is 10.1. The first-order chi connectivity index (χ1) is 8.00. The number of rotatable bonds is 4. The maximum Gasteiger partial charge on any atom is 0.255 e. The molecule has 1 aromatic heterocycles. The highest BCUT2D eigenvalue weighted by molar-refractivity contribution is 5.96. The van der Waals surface area contributed by atoms with Crippen molar-refractivity contribution in [1.29, 1.82) is 0 Å². The van der Waals surface area contributed by atoms with Gasteiger partial charge in [-0.1, -0.05) is 0 Å². The van der Waals surface area contributed by atoms with E-state index in [0.29, 0.717) is 23.8 Å². The molecule has 2 rings (SSSR count). The molecular weight excluding hydrogens is 218 g/mol. The highest BCUT2D eigenvalue weighted by Gasteiger charge is 2.30. The van der Waals surface area contributed by atoms with Crippen LogP contribution in [0.5, 0.6) is 0 Å². The quantitative estimate of drug-likeness (QED) is 0.838. The number of hydrogen-bond acceptors (Lipinski definition) is 3. The van der Waals surface area contributed by atoms with Crippen LogP contribution in [0.4, 0.5) is 0 Å². The number of aryl methyl sites for hydroxylation is 2. The summed E-state index contributed by atoms with van der Waals surface area (Å²) in [7, 11) is 0. The van der Waals surface area contributed by atoms with Crippen molar-refractivity contribution in [2.24, 2.45) is 5.92 Å². The van der Waals surface area contributed by atoms with Gasteiger partial charge in [0.2, 0.25) is 0 Å². The number of aliphatic hydroxyl groups excluding tert-OH is 1. The van der Waals surface area contributed by atoms with Crippen molar-refractivity contribution in [3.05, 3.63) is 22.6 Å². The van der Waals surface area contributed by atoms with Gasteiger partial charge in [-0.2, -0.15) is 0 Å². The average Bonchev–Trinajstić information content (AvgIpc) is 3.06. The number of hydrogen-bond donors (Lipinski definition) is 2. The summed E-state index contributed by atoms with van der Waals surface area (Å²) in [6.45, 7) is 5.83. The molecule has 2 N–H and O–H groups in total. The zero-order chi connectivity index (χ0) is 12.6. The molecule has 1 aromatic rings. The summed E-state index contributed by atoms with van der Waals surface area (Å²) in [5, 5.41) is 12.5. The Hall–Kier alpha value is -1.29. The minimum absolute atomic E-state index is 0.156. The molecule has 0 aliphatic heterocycles. The summed E-state index contributed by atoms with van der Waals surface area (Å²) in [6, 6.07) is 0. The topological polar surface area (TPSA) is 62.5 Å². The van der Waals surface area contributed by atoms with E-state index in [-0.39, 0.29) is 5.91 Å². The summed E-state index contributed by atoms with van der Waals surface area (Å²) in [6.07, 6.45) is 1.73. The Kier molecular flexibility index (Phi) is 3.24. The number of furan rings is 1. The number of carbonyl (C=O) groups is 1. The molecule has 17 heavy (non-hydrogen) atoms. The largest absolute Gasteiger partial charge is 0.466 e. The molecule has 4 nitrogen and oxygen atoms in total. The molecule has 1 aliphatic carbocycles. The Labute approximate surface area is 101 Å². The average molecular weight is 237 g/mol. The molecule has 1 aliphatic rings. The predicted octanol–water partition coefficient (Wildman–Crippen LogP) is 1.71. The van der Waals surface area contributed by atoms with Gasteiger partial charge in [0.25, 0.3) is 5.91 Å². The van der Waals surface area contributed by atoms with Gasteiger partial charge in [-0.25, -0.2) is 0 Å². The normalized spacial score (nSPS) is 16.9. The molecule has 0 radical (unpaired) electrons. The third-order valence-corrected chi connectivity index (χ3v) is 3.43. The second kappa shape index (κ2) is 4.53. The molecule has 0 saturated heterocycles. The lowest BCUT2D eigenvalue weighted by Gasteiger charge is -2.10. The fraction of sp³-hybridized carbons (Fsp3) is 0.615. The molecule has 0 spiro atoms. The van der Waals surface area contributed by atoms with Gasteiger partial charge in [-0.3, -0.25) is 4.79 Å². The highest BCUT2D eigenvalue weighted by atomic mass is 16.3. The molecule has 1 atom stereocenters. The predicted molar refractivity (Wildman–Crippen MR) is 64.0 cm³/mol. The van der Waals surface area contributed by atoms with E-state index >= 15 is 0 Å². The van der Waals surface area contributed by atoms with Crippen LogP contribution in [0.15, 0.2) is 4.42 Å². The number of aliphatic hydroxyl groups is 1. The zero-order valence-corrected chi connectivity index (χ0v) is 10.5. The maximum atomic E-state index is 12.0. The monoisotopic (exact) mass is 237 g/mol. The number of nitrogens with one attached hydrogen (secondary N) is 1. The Bertz CT molecular complexity index is 432. The summed E-state index contributed by atoms with van der Waals surface area (Å²) in [5.41, 5.74) is 1.48. The number of carbonyl (C=O) groups excluding carboxylic acids is 1. The van der Waals surface area contributed by atoms with Gasteiger partial charge in [0, 0.05) is 12.1 Å². The van der Waals surface area contributed by atoms with Crippen molar-refractivity contribution in [3.8, 4) is 0 Å². The first kappa shape index (κ1) is 12.2. The number of amides is 1. The molecule has 1 saturated carbocycles.